The second-order valence-electron chi connectivity index (χ2n) is 10.4. The SMILES string of the molecule is CC1CCN(c2ccc(N3C(=S)N[C@H](c4ccccn4)[C@@H]3c3cccn3-c3cccc([N+](=O)[O-])c3)cc2Cl)CC1. The van der Waals surface area contributed by atoms with E-state index in [2.05, 4.69) is 39.2 Å². The number of piperidine rings is 1. The smallest absolute Gasteiger partial charge is 0.271 e. The third-order valence-corrected chi connectivity index (χ3v) is 8.45. The van der Waals surface area contributed by atoms with E-state index in [1.807, 2.05) is 53.2 Å². The van der Waals surface area contributed by atoms with Gasteiger partial charge in [0.25, 0.3) is 5.69 Å². The quantitative estimate of drug-likeness (QED) is 0.154. The summed E-state index contributed by atoms with van der Waals surface area (Å²) in [6.45, 7) is 4.28. The summed E-state index contributed by atoms with van der Waals surface area (Å²) in [6.07, 6.45) is 5.99. The van der Waals surface area contributed by atoms with Crippen molar-refractivity contribution >= 4 is 46.0 Å². The number of rotatable bonds is 6. The largest absolute Gasteiger partial charge is 0.370 e. The summed E-state index contributed by atoms with van der Waals surface area (Å²) in [4.78, 5) is 20.2. The lowest BCUT2D eigenvalue weighted by molar-refractivity contribution is -0.384. The Bertz CT molecular complexity index is 1550. The van der Waals surface area contributed by atoms with Crippen LogP contribution in [0.1, 0.15) is 43.2 Å². The number of hydrogen-bond donors (Lipinski definition) is 1. The van der Waals surface area contributed by atoms with Gasteiger partial charge in [0.1, 0.15) is 6.04 Å². The van der Waals surface area contributed by atoms with E-state index in [9.17, 15) is 10.1 Å². The zero-order chi connectivity index (χ0) is 27.8. The summed E-state index contributed by atoms with van der Waals surface area (Å²) in [5.74, 6) is 0.730. The Hall–Kier alpha value is -3.95. The van der Waals surface area contributed by atoms with Gasteiger partial charge >= 0.3 is 0 Å². The molecule has 2 aromatic carbocycles. The highest BCUT2D eigenvalue weighted by atomic mass is 35.5. The Morgan fingerprint density at radius 2 is 1.85 bits per heavy atom. The molecule has 4 heterocycles. The van der Waals surface area contributed by atoms with Crippen LogP contribution < -0.4 is 15.1 Å². The van der Waals surface area contributed by atoms with Gasteiger partial charge in [-0.1, -0.05) is 30.7 Å². The first-order valence-corrected chi connectivity index (χ1v) is 14.2. The van der Waals surface area contributed by atoms with Gasteiger partial charge < -0.3 is 19.7 Å². The molecule has 8 nitrogen and oxygen atoms in total. The maximum Gasteiger partial charge on any atom is 0.271 e. The third-order valence-electron chi connectivity index (χ3n) is 7.83. The van der Waals surface area contributed by atoms with Crippen molar-refractivity contribution in [2.75, 3.05) is 22.9 Å². The fourth-order valence-corrected chi connectivity index (χ4v) is 6.35. The fraction of sp³-hybridized carbons (Fsp3) is 0.267. The minimum Gasteiger partial charge on any atom is -0.370 e. The molecule has 0 saturated carbocycles. The predicted octanol–water partition coefficient (Wildman–Crippen LogP) is 6.85. The number of aromatic nitrogens is 2. The number of halogens is 1. The number of benzene rings is 2. The summed E-state index contributed by atoms with van der Waals surface area (Å²) in [5, 5.41) is 16.2. The van der Waals surface area contributed by atoms with Crippen LogP contribution in [0.5, 0.6) is 0 Å². The van der Waals surface area contributed by atoms with Gasteiger partial charge in [-0.3, -0.25) is 15.1 Å². The first-order chi connectivity index (χ1) is 19.4. The van der Waals surface area contributed by atoms with Gasteiger partial charge in [0, 0.05) is 49.0 Å². The second-order valence-corrected chi connectivity index (χ2v) is 11.2. The van der Waals surface area contributed by atoms with E-state index in [4.69, 9.17) is 23.8 Å². The molecule has 6 rings (SSSR count). The van der Waals surface area contributed by atoms with E-state index in [0.29, 0.717) is 15.8 Å². The van der Waals surface area contributed by atoms with E-state index in [-0.39, 0.29) is 22.7 Å². The maximum atomic E-state index is 11.5. The number of nitro benzene ring substituents is 1. The van der Waals surface area contributed by atoms with Gasteiger partial charge in [-0.25, -0.2) is 0 Å². The van der Waals surface area contributed by atoms with Crippen molar-refractivity contribution < 1.29 is 4.92 Å². The monoisotopic (exact) mass is 572 g/mol. The molecule has 10 heteroatoms. The van der Waals surface area contributed by atoms with Crippen molar-refractivity contribution in [3.05, 3.63) is 112 Å². The summed E-state index contributed by atoms with van der Waals surface area (Å²) >= 11 is 12.8. The van der Waals surface area contributed by atoms with E-state index < -0.39 is 0 Å². The van der Waals surface area contributed by atoms with Crippen LogP contribution in [-0.2, 0) is 0 Å². The molecule has 204 valence electrons. The Morgan fingerprint density at radius 3 is 2.58 bits per heavy atom. The summed E-state index contributed by atoms with van der Waals surface area (Å²) in [7, 11) is 0. The molecular formula is C30H29ClN6O2S. The molecule has 2 saturated heterocycles. The molecule has 0 aliphatic carbocycles. The van der Waals surface area contributed by atoms with Crippen LogP contribution in [0.2, 0.25) is 5.02 Å². The zero-order valence-corrected chi connectivity index (χ0v) is 23.6. The normalized spacial score (nSPS) is 19.6. The zero-order valence-electron chi connectivity index (χ0n) is 22.0. The van der Waals surface area contributed by atoms with Crippen LogP contribution >= 0.6 is 23.8 Å². The third kappa shape index (κ3) is 4.91. The first-order valence-electron chi connectivity index (χ1n) is 13.4. The van der Waals surface area contributed by atoms with Gasteiger partial charge in [-0.15, -0.1) is 0 Å². The van der Waals surface area contributed by atoms with Gasteiger partial charge in [0.2, 0.25) is 0 Å². The van der Waals surface area contributed by atoms with Crippen molar-refractivity contribution in [1.29, 1.82) is 0 Å². The topological polar surface area (TPSA) is 79.5 Å². The molecule has 2 aromatic heterocycles. The first kappa shape index (κ1) is 26.3. The van der Waals surface area contributed by atoms with Gasteiger partial charge in [0.05, 0.1) is 33.1 Å². The van der Waals surface area contributed by atoms with Crippen LogP contribution in [0, 0.1) is 16.0 Å². The standard InChI is InChI=1S/C30H29ClN6O2S/c1-20-12-16-34(17-13-20)26-11-10-22(19-24(26)31)36-29(28(33-30(36)40)25-8-2-3-14-32-25)27-9-5-15-35(27)21-6-4-7-23(18-21)37(38)39/h2-11,14-15,18-20,28-29H,12-13,16-17H2,1H3,(H,33,40)/t28-,29+/m1/s1. The molecule has 4 aromatic rings. The lowest BCUT2D eigenvalue weighted by Crippen LogP contribution is -2.33. The molecule has 2 fully saturated rings. The van der Waals surface area contributed by atoms with Crippen molar-refractivity contribution in [2.24, 2.45) is 5.92 Å². The van der Waals surface area contributed by atoms with E-state index >= 15 is 0 Å². The van der Waals surface area contributed by atoms with Crippen molar-refractivity contribution in [3.63, 3.8) is 0 Å². The Kier molecular flexibility index (Phi) is 7.16. The predicted molar refractivity (Wildman–Crippen MR) is 162 cm³/mol. The average molecular weight is 573 g/mol. The molecule has 0 spiro atoms. The van der Waals surface area contributed by atoms with Gasteiger partial charge in [-0.05, 0) is 79.5 Å². The number of hydrogen-bond acceptors (Lipinski definition) is 5. The summed E-state index contributed by atoms with van der Waals surface area (Å²) in [6, 6.07) is 22.0. The molecule has 2 aliphatic heterocycles. The number of nitrogens with zero attached hydrogens (tertiary/aromatic N) is 5. The number of pyridine rings is 1. The lowest BCUT2D eigenvalue weighted by atomic mass is 9.98. The Balaban J connectivity index is 1.43. The molecule has 0 bridgehead atoms. The van der Waals surface area contributed by atoms with E-state index in [1.54, 1.807) is 18.3 Å². The number of nitro groups is 1. The van der Waals surface area contributed by atoms with Gasteiger partial charge in [-0.2, -0.15) is 0 Å². The second kappa shape index (κ2) is 10.9. The molecule has 0 amide bonds. The molecule has 1 N–H and O–H groups in total. The van der Waals surface area contributed by atoms with E-state index in [0.717, 1.165) is 54.6 Å². The maximum absolute atomic E-state index is 11.5. The highest BCUT2D eigenvalue weighted by Crippen LogP contribution is 2.44. The fourth-order valence-electron chi connectivity index (χ4n) is 5.71. The highest BCUT2D eigenvalue weighted by molar-refractivity contribution is 7.80. The summed E-state index contributed by atoms with van der Waals surface area (Å²) in [5.41, 5.74) is 4.38. The number of non-ortho nitro benzene ring substituents is 1. The Morgan fingerprint density at radius 1 is 1.02 bits per heavy atom. The van der Waals surface area contributed by atoms with Crippen LogP contribution in [0.4, 0.5) is 17.1 Å². The number of thiocarbonyl (C=S) groups is 1. The summed E-state index contributed by atoms with van der Waals surface area (Å²) < 4.78 is 1.97. The van der Waals surface area contributed by atoms with Crippen molar-refractivity contribution in [2.45, 2.75) is 31.8 Å². The molecule has 2 atom stereocenters. The number of nitrogens with one attached hydrogen (secondary N) is 1. The Labute approximate surface area is 243 Å². The van der Waals surface area contributed by atoms with Crippen LogP contribution in [0.25, 0.3) is 5.69 Å². The van der Waals surface area contributed by atoms with Crippen LogP contribution in [-0.4, -0.2) is 32.7 Å². The minimum atomic E-state index is -0.380. The molecular weight excluding hydrogens is 544 g/mol. The minimum absolute atomic E-state index is 0.0322. The average Bonchev–Trinajstić information content (AvgIpc) is 3.58. The lowest BCUT2D eigenvalue weighted by Gasteiger charge is -2.33. The highest BCUT2D eigenvalue weighted by Gasteiger charge is 2.42. The molecule has 40 heavy (non-hydrogen) atoms. The van der Waals surface area contributed by atoms with Crippen LogP contribution in [0.3, 0.4) is 0 Å². The number of anilines is 2. The van der Waals surface area contributed by atoms with Crippen molar-refractivity contribution in [3.8, 4) is 5.69 Å². The molecule has 0 unspecified atom stereocenters. The van der Waals surface area contributed by atoms with E-state index in [1.165, 1.54) is 6.07 Å². The van der Waals surface area contributed by atoms with Crippen LogP contribution in [0.15, 0.2) is 85.2 Å². The van der Waals surface area contributed by atoms with Crippen molar-refractivity contribution in [1.82, 2.24) is 14.9 Å². The van der Waals surface area contributed by atoms with Gasteiger partial charge in [0.15, 0.2) is 5.11 Å². The molecule has 0 radical (unpaired) electrons. The molecule has 2 aliphatic rings.